The Morgan fingerprint density at radius 3 is 2.78 bits per heavy atom. The second-order valence-electron chi connectivity index (χ2n) is 4.78. The van der Waals surface area contributed by atoms with Gasteiger partial charge < -0.3 is 5.32 Å². The average Bonchev–Trinajstić information content (AvgIpc) is 2.65. The first-order valence-corrected chi connectivity index (χ1v) is 8.61. The number of pyridine rings is 1. The number of aromatic nitrogens is 1. The van der Waals surface area contributed by atoms with Gasteiger partial charge in [0.1, 0.15) is 5.03 Å². The molecule has 2 nitrogen and oxygen atoms in total. The van der Waals surface area contributed by atoms with E-state index in [-0.39, 0.29) is 0 Å². The zero-order chi connectivity index (χ0) is 12.6. The molecule has 0 saturated heterocycles. The number of nitrogens with one attached hydrogen (secondary N) is 1. The molecule has 0 bridgehead atoms. The molecule has 0 amide bonds. The van der Waals surface area contributed by atoms with Gasteiger partial charge in [0.05, 0.1) is 0 Å². The van der Waals surface area contributed by atoms with Crippen molar-refractivity contribution in [3.05, 3.63) is 22.8 Å². The Bertz CT molecular complexity index is 351. The van der Waals surface area contributed by atoms with Gasteiger partial charge in [-0.3, -0.25) is 0 Å². The van der Waals surface area contributed by atoms with E-state index < -0.39 is 0 Å². The van der Waals surface area contributed by atoms with Crippen LogP contribution in [0, 0.1) is 0 Å². The van der Waals surface area contributed by atoms with E-state index in [9.17, 15) is 0 Å². The minimum atomic E-state index is 0.750. The molecule has 0 radical (unpaired) electrons. The Morgan fingerprint density at radius 2 is 2.06 bits per heavy atom. The molecule has 0 aromatic carbocycles. The SMILES string of the molecule is Brc1cccnc1SCCNC1CCCCCC1. The van der Waals surface area contributed by atoms with Crippen LogP contribution >= 0.6 is 27.7 Å². The summed E-state index contributed by atoms with van der Waals surface area (Å²) in [5.74, 6) is 1.09. The van der Waals surface area contributed by atoms with Crippen LogP contribution in [0.3, 0.4) is 0 Å². The first-order valence-electron chi connectivity index (χ1n) is 6.83. The molecule has 0 atom stereocenters. The van der Waals surface area contributed by atoms with Crippen molar-refractivity contribution in [2.75, 3.05) is 12.3 Å². The van der Waals surface area contributed by atoms with Crippen LogP contribution in [0.15, 0.2) is 27.8 Å². The Balaban J connectivity index is 1.65. The van der Waals surface area contributed by atoms with Gasteiger partial charge in [-0.2, -0.15) is 0 Å². The molecule has 4 heteroatoms. The van der Waals surface area contributed by atoms with E-state index in [1.165, 1.54) is 38.5 Å². The lowest BCUT2D eigenvalue weighted by Crippen LogP contribution is -2.30. The number of nitrogens with zero attached hydrogens (tertiary/aromatic N) is 1. The summed E-state index contributed by atoms with van der Waals surface area (Å²) in [4.78, 5) is 4.37. The number of halogens is 1. The van der Waals surface area contributed by atoms with E-state index in [0.717, 1.165) is 27.8 Å². The van der Waals surface area contributed by atoms with Gasteiger partial charge >= 0.3 is 0 Å². The fourth-order valence-corrected chi connectivity index (χ4v) is 3.72. The smallest absolute Gasteiger partial charge is 0.110 e. The van der Waals surface area contributed by atoms with Crippen LogP contribution in [0.4, 0.5) is 0 Å². The van der Waals surface area contributed by atoms with Gasteiger partial charge in [-0.1, -0.05) is 25.7 Å². The lowest BCUT2D eigenvalue weighted by atomic mass is 10.1. The van der Waals surface area contributed by atoms with Gasteiger partial charge in [0.25, 0.3) is 0 Å². The minimum absolute atomic E-state index is 0.750. The van der Waals surface area contributed by atoms with Gasteiger partial charge in [-0.25, -0.2) is 4.98 Å². The highest BCUT2D eigenvalue weighted by atomic mass is 79.9. The molecule has 1 heterocycles. The van der Waals surface area contributed by atoms with Crippen molar-refractivity contribution >= 4 is 27.7 Å². The van der Waals surface area contributed by atoms with E-state index in [1.807, 2.05) is 30.1 Å². The van der Waals surface area contributed by atoms with E-state index in [2.05, 4.69) is 26.2 Å². The maximum atomic E-state index is 4.37. The summed E-state index contributed by atoms with van der Waals surface area (Å²) in [6.07, 6.45) is 10.2. The molecule has 1 fully saturated rings. The largest absolute Gasteiger partial charge is 0.313 e. The van der Waals surface area contributed by atoms with Gasteiger partial charge in [0.2, 0.25) is 0 Å². The standard InChI is InChI=1S/C14H21BrN2S/c15-13-8-5-9-17-14(13)18-11-10-16-12-6-3-1-2-4-7-12/h5,8-9,12,16H,1-4,6-7,10-11H2. The molecular formula is C14H21BrN2S. The highest BCUT2D eigenvalue weighted by Gasteiger charge is 2.11. The molecule has 0 spiro atoms. The summed E-state index contributed by atoms with van der Waals surface area (Å²) in [5, 5.41) is 4.78. The second kappa shape index (κ2) is 8.18. The quantitative estimate of drug-likeness (QED) is 0.497. The highest BCUT2D eigenvalue weighted by molar-refractivity contribution is 9.10. The number of hydrogen-bond acceptors (Lipinski definition) is 3. The molecule has 18 heavy (non-hydrogen) atoms. The monoisotopic (exact) mass is 328 g/mol. The normalized spacial score (nSPS) is 17.6. The molecule has 1 aliphatic carbocycles. The first-order chi connectivity index (χ1) is 8.86. The fourth-order valence-electron chi connectivity index (χ4n) is 2.37. The lowest BCUT2D eigenvalue weighted by molar-refractivity contribution is 0.474. The van der Waals surface area contributed by atoms with Crippen molar-refractivity contribution in [2.45, 2.75) is 49.6 Å². The molecule has 1 saturated carbocycles. The third-order valence-corrected chi connectivity index (χ3v) is 5.26. The molecule has 2 rings (SSSR count). The average molecular weight is 329 g/mol. The van der Waals surface area contributed by atoms with Crippen LogP contribution < -0.4 is 5.32 Å². The number of hydrogen-bond donors (Lipinski definition) is 1. The molecule has 1 aromatic rings. The van der Waals surface area contributed by atoms with Crippen molar-refractivity contribution < 1.29 is 0 Å². The van der Waals surface area contributed by atoms with Gasteiger partial charge in [-0.15, -0.1) is 11.8 Å². The maximum Gasteiger partial charge on any atom is 0.110 e. The highest BCUT2D eigenvalue weighted by Crippen LogP contribution is 2.24. The molecule has 1 aliphatic rings. The minimum Gasteiger partial charge on any atom is -0.313 e. The molecule has 1 aromatic heterocycles. The van der Waals surface area contributed by atoms with Crippen molar-refractivity contribution in [1.82, 2.24) is 10.3 Å². The Kier molecular flexibility index (Phi) is 6.52. The van der Waals surface area contributed by atoms with Crippen LogP contribution in [-0.2, 0) is 0 Å². The Labute approximate surface area is 122 Å². The van der Waals surface area contributed by atoms with E-state index >= 15 is 0 Å². The molecule has 0 unspecified atom stereocenters. The van der Waals surface area contributed by atoms with E-state index in [1.54, 1.807) is 0 Å². The Morgan fingerprint density at radius 1 is 1.28 bits per heavy atom. The summed E-state index contributed by atoms with van der Waals surface area (Å²) in [6.45, 7) is 1.08. The first kappa shape index (κ1) is 14.4. The third-order valence-electron chi connectivity index (χ3n) is 3.35. The van der Waals surface area contributed by atoms with Crippen molar-refractivity contribution in [3.8, 4) is 0 Å². The zero-order valence-corrected chi connectivity index (χ0v) is 13.1. The topological polar surface area (TPSA) is 24.9 Å². The van der Waals surface area contributed by atoms with Gasteiger partial charge in [0, 0.05) is 29.0 Å². The fraction of sp³-hybridized carbons (Fsp3) is 0.643. The lowest BCUT2D eigenvalue weighted by Gasteiger charge is -2.15. The van der Waals surface area contributed by atoms with Crippen molar-refractivity contribution in [3.63, 3.8) is 0 Å². The summed E-state index contributed by atoms with van der Waals surface area (Å²) in [7, 11) is 0. The van der Waals surface area contributed by atoms with Gasteiger partial charge in [0.15, 0.2) is 0 Å². The Hall–Kier alpha value is -0.0600. The summed E-state index contributed by atoms with van der Waals surface area (Å²) < 4.78 is 1.10. The molecule has 0 aliphatic heterocycles. The van der Waals surface area contributed by atoms with Crippen LogP contribution in [0.25, 0.3) is 0 Å². The van der Waals surface area contributed by atoms with Gasteiger partial charge in [-0.05, 0) is 40.9 Å². The molecule has 1 N–H and O–H groups in total. The predicted molar refractivity (Wildman–Crippen MR) is 82.2 cm³/mol. The van der Waals surface area contributed by atoms with Crippen molar-refractivity contribution in [2.24, 2.45) is 0 Å². The molecular weight excluding hydrogens is 308 g/mol. The summed E-state index contributed by atoms with van der Waals surface area (Å²) in [6, 6.07) is 4.76. The predicted octanol–water partition coefficient (Wildman–Crippen LogP) is 4.25. The third kappa shape index (κ3) is 4.90. The van der Waals surface area contributed by atoms with E-state index in [4.69, 9.17) is 0 Å². The zero-order valence-electron chi connectivity index (χ0n) is 10.7. The molecule has 100 valence electrons. The van der Waals surface area contributed by atoms with Crippen molar-refractivity contribution in [1.29, 1.82) is 0 Å². The number of thioether (sulfide) groups is 1. The van der Waals surface area contributed by atoms with Crippen LogP contribution in [0.5, 0.6) is 0 Å². The van der Waals surface area contributed by atoms with Crippen LogP contribution in [0.1, 0.15) is 38.5 Å². The van der Waals surface area contributed by atoms with Crippen LogP contribution in [-0.4, -0.2) is 23.3 Å². The second-order valence-corrected chi connectivity index (χ2v) is 6.72. The van der Waals surface area contributed by atoms with E-state index in [0.29, 0.717) is 0 Å². The maximum absolute atomic E-state index is 4.37. The van der Waals surface area contributed by atoms with Crippen LogP contribution in [0.2, 0.25) is 0 Å². The number of rotatable bonds is 5. The summed E-state index contributed by atoms with van der Waals surface area (Å²) >= 11 is 5.35. The summed E-state index contributed by atoms with van der Waals surface area (Å²) in [5.41, 5.74) is 0.